The Hall–Kier alpha value is 0.194. The van der Waals surface area contributed by atoms with Crippen LogP contribution >= 0.6 is 0 Å². The molecule has 1 N–H and O–H groups in total. The SMILES string of the molecule is CO[Si](CO)(OC)C(C)CC(C)[Si](OC)(OC)OC. The lowest BCUT2D eigenvalue weighted by atomic mass is 10.3. The van der Waals surface area contributed by atoms with Crippen LogP contribution in [0.1, 0.15) is 20.3 Å². The largest absolute Gasteiger partial charge is 0.503 e. The van der Waals surface area contributed by atoms with E-state index < -0.39 is 17.4 Å². The molecule has 0 spiro atoms. The smallest absolute Gasteiger partial charge is 0.396 e. The minimum atomic E-state index is -2.67. The average Bonchev–Trinajstić information content (AvgIpc) is 2.44. The third kappa shape index (κ3) is 4.08. The predicted octanol–water partition coefficient (Wildman–Crippen LogP) is 1.30. The summed E-state index contributed by atoms with van der Waals surface area (Å²) in [6.07, 6.45) is 0.672. The van der Waals surface area contributed by atoms with Crippen LogP contribution in [0, 0.1) is 0 Å². The molecule has 0 fully saturated rings. The van der Waals surface area contributed by atoms with Crippen LogP contribution < -0.4 is 0 Å². The van der Waals surface area contributed by atoms with Gasteiger partial charge in [0.1, 0.15) is 0 Å². The molecule has 0 aromatic rings. The van der Waals surface area contributed by atoms with Crippen molar-refractivity contribution in [3.8, 4) is 0 Å². The van der Waals surface area contributed by atoms with E-state index in [1.807, 2.05) is 13.8 Å². The Kier molecular flexibility index (Phi) is 8.56. The number of aliphatic hydroxyl groups excluding tert-OH is 1. The van der Waals surface area contributed by atoms with Crippen molar-refractivity contribution in [1.82, 2.24) is 0 Å². The minimum absolute atomic E-state index is 0.0740. The van der Waals surface area contributed by atoms with E-state index in [4.69, 9.17) is 22.1 Å². The Balaban J connectivity index is 4.92. The van der Waals surface area contributed by atoms with Crippen molar-refractivity contribution in [2.24, 2.45) is 0 Å². The predicted molar refractivity (Wildman–Crippen MR) is 77.1 cm³/mol. The summed E-state index contributed by atoms with van der Waals surface area (Å²) in [6.45, 7) is 4.05. The van der Waals surface area contributed by atoms with Crippen LogP contribution in [-0.2, 0) is 22.1 Å². The zero-order chi connectivity index (χ0) is 15.1. The lowest BCUT2D eigenvalue weighted by molar-refractivity contribution is 0.110. The van der Waals surface area contributed by atoms with Gasteiger partial charge in [-0.2, -0.15) is 0 Å². The molecular formula is C11H28O6Si2. The lowest BCUT2D eigenvalue weighted by Crippen LogP contribution is -2.51. The Morgan fingerprint density at radius 3 is 1.47 bits per heavy atom. The van der Waals surface area contributed by atoms with Crippen molar-refractivity contribution < 1.29 is 27.2 Å². The molecule has 8 heteroatoms. The van der Waals surface area contributed by atoms with Gasteiger partial charge in [-0.1, -0.05) is 13.8 Å². The standard InChI is InChI=1S/C11H28O6Si2/c1-10(18(9-12,13-3)14-4)8-11(2)19(15-5,16-6)17-7/h10-12H,8-9H2,1-7H3. The maximum atomic E-state index is 9.56. The summed E-state index contributed by atoms with van der Waals surface area (Å²) in [4.78, 5) is 0. The normalized spacial score (nSPS) is 16.4. The Morgan fingerprint density at radius 2 is 1.21 bits per heavy atom. The van der Waals surface area contributed by atoms with Gasteiger partial charge in [0, 0.05) is 46.6 Å². The van der Waals surface area contributed by atoms with Crippen LogP contribution in [0.4, 0.5) is 0 Å². The van der Waals surface area contributed by atoms with E-state index in [2.05, 4.69) is 0 Å². The second kappa shape index (κ2) is 8.47. The van der Waals surface area contributed by atoms with Gasteiger partial charge in [-0.05, 0) is 6.42 Å². The first-order valence-electron chi connectivity index (χ1n) is 6.28. The molecule has 0 aliphatic heterocycles. The van der Waals surface area contributed by atoms with Gasteiger partial charge in [0.25, 0.3) is 0 Å². The zero-order valence-electron chi connectivity index (χ0n) is 13.1. The molecule has 19 heavy (non-hydrogen) atoms. The molecule has 0 amide bonds. The molecule has 0 aromatic carbocycles. The molecule has 0 bridgehead atoms. The second-order valence-electron chi connectivity index (χ2n) is 4.63. The molecule has 0 aliphatic rings. The highest BCUT2D eigenvalue weighted by molar-refractivity contribution is 6.69. The van der Waals surface area contributed by atoms with Gasteiger partial charge < -0.3 is 27.2 Å². The fraction of sp³-hybridized carbons (Fsp3) is 1.00. The molecule has 0 saturated carbocycles. The fourth-order valence-electron chi connectivity index (χ4n) is 2.48. The van der Waals surface area contributed by atoms with Gasteiger partial charge in [0.05, 0.1) is 6.23 Å². The minimum Gasteiger partial charge on any atom is -0.396 e. The van der Waals surface area contributed by atoms with E-state index in [1.54, 1.807) is 35.5 Å². The summed E-state index contributed by atoms with van der Waals surface area (Å²) in [5.41, 5.74) is 0.182. The topological polar surface area (TPSA) is 66.4 Å². The summed E-state index contributed by atoms with van der Waals surface area (Å²) in [7, 11) is 2.71. The third-order valence-electron chi connectivity index (χ3n) is 3.83. The van der Waals surface area contributed by atoms with Gasteiger partial charge in [-0.3, -0.25) is 0 Å². The highest BCUT2D eigenvalue weighted by Crippen LogP contribution is 2.37. The molecule has 2 unspecified atom stereocenters. The van der Waals surface area contributed by atoms with Crippen LogP contribution in [0.2, 0.25) is 11.1 Å². The van der Waals surface area contributed by atoms with Crippen molar-refractivity contribution in [1.29, 1.82) is 0 Å². The molecule has 0 rings (SSSR count). The van der Waals surface area contributed by atoms with Crippen molar-refractivity contribution >= 4 is 17.4 Å². The number of hydrogen-bond donors (Lipinski definition) is 1. The summed E-state index contributed by atoms with van der Waals surface area (Å²) < 4.78 is 27.4. The van der Waals surface area contributed by atoms with E-state index in [1.165, 1.54) is 0 Å². The van der Waals surface area contributed by atoms with Crippen molar-refractivity contribution in [3.05, 3.63) is 0 Å². The van der Waals surface area contributed by atoms with Gasteiger partial charge >= 0.3 is 17.4 Å². The van der Waals surface area contributed by atoms with Gasteiger partial charge in [-0.25, -0.2) is 0 Å². The van der Waals surface area contributed by atoms with Crippen molar-refractivity contribution in [2.45, 2.75) is 31.4 Å². The molecule has 0 radical (unpaired) electrons. The first kappa shape index (κ1) is 19.2. The quantitative estimate of drug-likeness (QED) is 0.613. The van der Waals surface area contributed by atoms with Gasteiger partial charge in [-0.15, -0.1) is 0 Å². The Bertz CT molecular complexity index is 205. The number of aliphatic hydroxyl groups is 1. The average molecular weight is 313 g/mol. The molecule has 116 valence electrons. The summed E-state index contributed by atoms with van der Waals surface area (Å²) in [5.74, 6) is 0. The van der Waals surface area contributed by atoms with E-state index in [0.29, 0.717) is 0 Å². The number of hydrogen-bond acceptors (Lipinski definition) is 6. The fourth-order valence-corrected chi connectivity index (χ4v) is 7.32. The van der Waals surface area contributed by atoms with Crippen LogP contribution in [-0.4, -0.2) is 64.3 Å². The summed E-state index contributed by atoms with van der Waals surface area (Å²) in [5, 5.41) is 9.56. The van der Waals surface area contributed by atoms with E-state index >= 15 is 0 Å². The molecule has 0 saturated heterocycles. The van der Waals surface area contributed by atoms with Crippen LogP contribution in [0.25, 0.3) is 0 Å². The lowest BCUT2D eigenvalue weighted by Gasteiger charge is -2.36. The zero-order valence-corrected chi connectivity index (χ0v) is 15.1. The van der Waals surface area contributed by atoms with Crippen LogP contribution in [0.3, 0.4) is 0 Å². The highest BCUT2D eigenvalue weighted by atomic mass is 28.4. The van der Waals surface area contributed by atoms with Crippen LogP contribution in [0.5, 0.6) is 0 Å². The molecule has 0 aliphatic carbocycles. The second-order valence-corrected chi connectivity index (χ2v) is 11.8. The molecule has 2 atom stereocenters. The maximum absolute atomic E-state index is 9.56. The third-order valence-corrected chi connectivity index (χ3v) is 10.5. The van der Waals surface area contributed by atoms with E-state index in [-0.39, 0.29) is 17.3 Å². The summed E-state index contributed by atoms with van der Waals surface area (Å²) >= 11 is 0. The monoisotopic (exact) mass is 312 g/mol. The Labute approximate surface area is 118 Å². The molecule has 0 heterocycles. The number of rotatable bonds is 10. The first-order chi connectivity index (χ1) is 8.91. The Morgan fingerprint density at radius 1 is 0.789 bits per heavy atom. The first-order valence-corrected chi connectivity index (χ1v) is 10.2. The van der Waals surface area contributed by atoms with E-state index in [0.717, 1.165) is 6.42 Å². The molecule has 0 aromatic heterocycles. The van der Waals surface area contributed by atoms with E-state index in [9.17, 15) is 5.11 Å². The van der Waals surface area contributed by atoms with Crippen molar-refractivity contribution in [2.75, 3.05) is 41.8 Å². The molecular weight excluding hydrogens is 284 g/mol. The van der Waals surface area contributed by atoms with Crippen LogP contribution in [0.15, 0.2) is 0 Å². The van der Waals surface area contributed by atoms with Gasteiger partial charge in [0.15, 0.2) is 0 Å². The van der Waals surface area contributed by atoms with Crippen molar-refractivity contribution in [3.63, 3.8) is 0 Å². The molecule has 6 nitrogen and oxygen atoms in total. The summed E-state index contributed by atoms with van der Waals surface area (Å²) in [6, 6.07) is 0. The maximum Gasteiger partial charge on any atom is 0.503 e. The highest BCUT2D eigenvalue weighted by Gasteiger charge is 2.49. The van der Waals surface area contributed by atoms with Gasteiger partial charge in [0.2, 0.25) is 0 Å².